The Balaban J connectivity index is 2.33. The smallest absolute Gasteiger partial charge is 0.101 e. The first-order valence-electron chi connectivity index (χ1n) is 7.19. The number of allylic oxidation sites excluding steroid dienone is 1. The van der Waals surface area contributed by atoms with E-state index < -0.39 is 0 Å². The molecule has 0 heterocycles. The maximum Gasteiger partial charge on any atom is 0.101 e. The van der Waals surface area contributed by atoms with Crippen molar-refractivity contribution in [3.63, 3.8) is 0 Å². The van der Waals surface area contributed by atoms with E-state index in [1.165, 1.54) is 51.4 Å². The summed E-state index contributed by atoms with van der Waals surface area (Å²) in [7, 11) is 0. The molecule has 1 unspecified atom stereocenters. The summed E-state index contributed by atoms with van der Waals surface area (Å²) in [6.45, 7) is 4.46. The van der Waals surface area contributed by atoms with Crippen LogP contribution < -0.4 is 0 Å². The van der Waals surface area contributed by atoms with E-state index in [0.717, 1.165) is 12.3 Å². The average molecular weight is 224 g/mol. The molecule has 1 nitrogen and oxygen atoms in total. The maximum atomic E-state index is 5.94. The molecule has 0 bridgehead atoms. The van der Waals surface area contributed by atoms with E-state index in [9.17, 15) is 0 Å². The van der Waals surface area contributed by atoms with Gasteiger partial charge in [-0.2, -0.15) is 0 Å². The molecule has 0 amide bonds. The lowest BCUT2D eigenvalue weighted by atomic mass is 9.84. The van der Waals surface area contributed by atoms with Gasteiger partial charge in [-0.1, -0.05) is 46.0 Å². The quantitative estimate of drug-likeness (QED) is 0.549. The third-order valence-electron chi connectivity index (χ3n) is 3.55. The zero-order valence-corrected chi connectivity index (χ0v) is 11.1. The summed E-state index contributed by atoms with van der Waals surface area (Å²) >= 11 is 0. The second-order valence-electron chi connectivity index (χ2n) is 5.02. The topological polar surface area (TPSA) is 9.23 Å². The van der Waals surface area contributed by atoms with Gasteiger partial charge in [0.05, 0.1) is 6.26 Å². The van der Waals surface area contributed by atoms with Crippen molar-refractivity contribution in [2.24, 2.45) is 5.92 Å². The SMILES string of the molecule is CCCC=COC(CCC)C1CCCCC1. The van der Waals surface area contributed by atoms with Crippen LogP contribution in [0.4, 0.5) is 0 Å². The van der Waals surface area contributed by atoms with Crippen LogP contribution in [0.25, 0.3) is 0 Å². The van der Waals surface area contributed by atoms with E-state index in [4.69, 9.17) is 4.74 Å². The molecule has 0 saturated heterocycles. The minimum absolute atomic E-state index is 0.485. The van der Waals surface area contributed by atoms with E-state index >= 15 is 0 Å². The second-order valence-corrected chi connectivity index (χ2v) is 5.02. The van der Waals surface area contributed by atoms with Gasteiger partial charge in [0.15, 0.2) is 0 Å². The molecule has 1 aliphatic rings. The molecule has 1 heteroatoms. The standard InChI is InChI=1S/C15H28O/c1-3-5-9-13-16-15(10-4-2)14-11-7-6-8-12-14/h9,13-15H,3-8,10-12H2,1-2H3. The lowest BCUT2D eigenvalue weighted by molar-refractivity contribution is 0.0585. The molecule has 0 aromatic heterocycles. The van der Waals surface area contributed by atoms with Crippen LogP contribution in [0.2, 0.25) is 0 Å². The van der Waals surface area contributed by atoms with Crippen LogP contribution in [-0.2, 0) is 4.74 Å². The van der Waals surface area contributed by atoms with Gasteiger partial charge in [-0.3, -0.25) is 0 Å². The number of ether oxygens (including phenoxy) is 1. The van der Waals surface area contributed by atoms with Gasteiger partial charge < -0.3 is 4.74 Å². The summed E-state index contributed by atoms with van der Waals surface area (Å²) in [5.41, 5.74) is 0. The summed E-state index contributed by atoms with van der Waals surface area (Å²) in [5.74, 6) is 0.819. The van der Waals surface area contributed by atoms with Crippen molar-refractivity contribution in [1.82, 2.24) is 0 Å². The Kier molecular flexibility index (Phi) is 7.37. The molecule has 0 aliphatic heterocycles. The zero-order chi connectivity index (χ0) is 11.6. The highest BCUT2D eigenvalue weighted by Crippen LogP contribution is 2.30. The first kappa shape index (κ1) is 13.6. The Bertz CT molecular complexity index is 180. The van der Waals surface area contributed by atoms with Gasteiger partial charge in [0, 0.05) is 0 Å². The molecule has 0 aromatic carbocycles. The van der Waals surface area contributed by atoms with Crippen LogP contribution in [0.15, 0.2) is 12.3 Å². The Labute approximate surface area is 101 Å². The average Bonchev–Trinajstić information content (AvgIpc) is 2.34. The van der Waals surface area contributed by atoms with E-state index in [2.05, 4.69) is 19.9 Å². The number of hydrogen-bond donors (Lipinski definition) is 0. The molecule has 1 rings (SSSR count). The molecule has 1 saturated carbocycles. The summed E-state index contributed by atoms with van der Waals surface area (Å²) in [6.07, 6.45) is 16.4. The van der Waals surface area contributed by atoms with Gasteiger partial charge in [0.2, 0.25) is 0 Å². The van der Waals surface area contributed by atoms with Crippen molar-refractivity contribution in [2.45, 2.75) is 77.7 Å². The number of rotatable bonds is 7. The fourth-order valence-corrected chi connectivity index (χ4v) is 2.60. The molecular formula is C15H28O. The van der Waals surface area contributed by atoms with Gasteiger partial charge in [-0.05, 0) is 37.7 Å². The molecule has 1 fully saturated rings. The van der Waals surface area contributed by atoms with Crippen molar-refractivity contribution in [3.05, 3.63) is 12.3 Å². The molecule has 0 aromatic rings. The maximum absolute atomic E-state index is 5.94. The van der Waals surface area contributed by atoms with Crippen LogP contribution in [0.5, 0.6) is 0 Å². The van der Waals surface area contributed by atoms with Crippen molar-refractivity contribution in [2.75, 3.05) is 0 Å². The molecule has 0 N–H and O–H groups in total. The zero-order valence-electron chi connectivity index (χ0n) is 11.1. The fraction of sp³-hybridized carbons (Fsp3) is 0.867. The highest BCUT2D eigenvalue weighted by molar-refractivity contribution is 4.79. The highest BCUT2D eigenvalue weighted by Gasteiger charge is 2.23. The van der Waals surface area contributed by atoms with Crippen LogP contribution in [0, 0.1) is 5.92 Å². The number of hydrogen-bond acceptors (Lipinski definition) is 1. The fourth-order valence-electron chi connectivity index (χ4n) is 2.60. The van der Waals surface area contributed by atoms with Gasteiger partial charge in [0.1, 0.15) is 6.10 Å². The van der Waals surface area contributed by atoms with Crippen LogP contribution in [0.1, 0.15) is 71.6 Å². The molecule has 1 aliphatic carbocycles. The highest BCUT2D eigenvalue weighted by atomic mass is 16.5. The molecule has 1 atom stereocenters. The Morgan fingerprint density at radius 1 is 1.12 bits per heavy atom. The Hall–Kier alpha value is -0.460. The van der Waals surface area contributed by atoms with Crippen LogP contribution >= 0.6 is 0 Å². The lowest BCUT2D eigenvalue weighted by Crippen LogP contribution is -2.24. The number of unbranched alkanes of at least 4 members (excludes halogenated alkanes) is 1. The first-order valence-corrected chi connectivity index (χ1v) is 7.19. The minimum atomic E-state index is 0.485. The second kappa shape index (κ2) is 8.66. The first-order chi connectivity index (χ1) is 7.88. The predicted molar refractivity (Wildman–Crippen MR) is 70.4 cm³/mol. The van der Waals surface area contributed by atoms with Crippen molar-refractivity contribution >= 4 is 0 Å². The Morgan fingerprint density at radius 2 is 1.88 bits per heavy atom. The van der Waals surface area contributed by atoms with E-state index in [0.29, 0.717) is 6.10 Å². The molecule has 16 heavy (non-hydrogen) atoms. The van der Waals surface area contributed by atoms with Crippen molar-refractivity contribution < 1.29 is 4.74 Å². The van der Waals surface area contributed by atoms with Crippen molar-refractivity contribution in [3.8, 4) is 0 Å². The Morgan fingerprint density at radius 3 is 2.50 bits per heavy atom. The van der Waals surface area contributed by atoms with Crippen LogP contribution in [-0.4, -0.2) is 6.10 Å². The minimum Gasteiger partial charge on any atom is -0.498 e. The summed E-state index contributed by atoms with van der Waals surface area (Å²) in [4.78, 5) is 0. The van der Waals surface area contributed by atoms with E-state index in [-0.39, 0.29) is 0 Å². The van der Waals surface area contributed by atoms with E-state index in [1.54, 1.807) is 0 Å². The molecular weight excluding hydrogens is 196 g/mol. The third kappa shape index (κ3) is 5.05. The molecule has 0 spiro atoms. The van der Waals surface area contributed by atoms with Gasteiger partial charge in [-0.15, -0.1) is 0 Å². The van der Waals surface area contributed by atoms with E-state index in [1.807, 2.05) is 6.26 Å². The predicted octanol–water partition coefficient (Wildman–Crippen LogP) is 5.07. The molecule has 0 radical (unpaired) electrons. The summed E-state index contributed by atoms with van der Waals surface area (Å²) in [6, 6.07) is 0. The molecule has 94 valence electrons. The van der Waals surface area contributed by atoms with Crippen LogP contribution in [0.3, 0.4) is 0 Å². The third-order valence-corrected chi connectivity index (χ3v) is 3.55. The summed E-state index contributed by atoms with van der Waals surface area (Å²) in [5, 5.41) is 0. The van der Waals surface area contributed by atoms with Gasteiger partial charge >= 0.3 is 0 Å². The van der Waals surface area contributed by atoms with Gasteiger partial charge in [-0.25, -0.2) is 0 Å². The normalized spacial score (nSPS) is 20.1. The monoisotopic (exact) mass is 224 g/mol. The van der Waals surface area contributed by atoms with Gasteiger partial charge in [0.25, 0.3) is 0 Å². The van der Waals surface area contributed by atoms with Crippen molar-refractivity contribution in [1.29, 1.82) is 0 Å². The lowest BCUT2D eigenvalue weighted by Gasteiger charge is -2.29. The largest absolute Gasteiger partial charge is 0.498 e. The summed E-state index contributed by atoms with van der Waals surface area (Å²) < 4.78 is 5.94.